The van der Waals surface area contributed by atoms with Crippen LogP contribution >= 0.6 is 0 Å². The van der Waals surface area contributed by atoms with Crippen molar-refractivity contribution >= 4 is 76.1 Å². The minimum Gasteiger partial charge on any atom is -0.310 e. The van der Waals surface area contributed by atoms with Crippen LogP contribution in [0.2, 0.25) is 0 Å². The third kappa shape index (κ3) is 4.08. The number of fused-ring (bicyclic) bond motifs is 1. The minimum absolute atomic E-state index is 0.0205. The van der Waals surface area contributed by atoms with Gasteiger partial charge >= 0.3 is 0 Å². The van der Waals surface area contributed by atoms with E-state index in [1.54, 1.807) is 6.20 Å². The smallest absolute Gasteiger partial charge is 0.239 e. The molecule has 1 aliphatic rings. The Balaban J connectivity index is 1.64. The molecule has 10 heteroatoms. The number of rotatable bonds is 4. The van der Waals surface area contributed by atoms with Crippen molar-refractivity contribution < 1.29 is 4.79 Å². The SMILES string of the molecule is Bc1nc(B)c(-c2cnc3cnc(NC(=O)CN4CCCC4)cc3c2)c(B)c1B. The molecule has 1 N–H and O–H groups in total. The van der Waals surface area contributed by atoms with Crippen LogP contribution in [0.5, 0.6) is 0 Å². The molecule has 6 nitrogen and oxygen atoms in total. The minimum atomic E-state index is -0.0205. The molecule has 1 aliphatic heterocycles. The molecule has 0 radical (unpaired) electrons. The highest BCUT2D eigenvalue weighted by Gasteiger charge is 2.16. The lowest BCUT2D eigenvalue weighted by Gasteiger charge is -2.16. The van der Waals surface area contributed by atoms with Crippen molar-refractivity contribution in [2.45, 2.75) is 12.8 Å². The summed E-state index contributed by atoms with van der Waals surface area (Å²) in [4.78, 5) is 28.1. The predicted octanol–water partition coefficient (Wildman–Crippen LogP) is -4.24. The van der Waals surface area contributed by atoms with Gasteiger partial charge in [0.2, 0.25) is 5.91 Å². The first-order valence-corrected chi connectivity index (χ1v) is 10.1. The molecule has 0 aromatic carbocycles. The van der Waals surface area contributed by atoms with Gasteiger partial charge in [0.05, 0.1) is 18.3 Å². The number of aromatic nitrogens is 3. The van der Waals surface area contributed by atoms with E-state index in [4.69, 9.17) is 4.98 Å². The summed E-state index contributed by atoms with van der Waals surface area (Å²) in [7, 11) is 8.32. The number of likely N-dealkylation sites (tertiary alicyclic amines) is 1. The summed E-state index contributed by atoms with van der Waals surface area (Å²) >= 11 is 0. The quantitative estimate of drug-likeness (QED) is 0.465. The monoisotopic (exact) mass is 381 g/mol. The van der Waals surface area contributed by atoms with E-state index in [9.17, 15) is 4.79 Å². The fourth-order valence-corrected chi connectivity index (χ4v) is 4.11. The van der Waals surface area contributed by atoms with Gasteiger partial charge in [0.1, 0.15) is 21.5 Å². The largest absolute Gasteiger partial charge is 0.310 e. The summed E-state index contributed by atoms with van der Waals surface area (Å²) in [6.45, 7) is 2.41. The second-order valence-corrected chi connectivity index (χ2v) is 7.93. The van der Waals surface area contributed by atoms with E-state index in [-0.39, 0.29) is 5.91 Å². The Morgan fingerprint density at radius 2 is 1.76 bits per heavy atom. The van der Waals surface area contributed by atoms with Gasteiger partial charge < -0.3 is 5.32 Å². The zero-order valence-electron chi connectivity index (χ0n) is 17.5. The van der Waals surface area contributed by atoms with Crippen LogP contribution in [0.25, 0.3) is 22.0 Å². The Morgan fingerprint density at radius 3 is 2.52 bits per heavy atom. The molecule has 0 aliphatic carbocycles. The topological polar surface area (TPSA) is 71.0 Å². The summed E-state index contributed by atoms with van der Waals surface area (Å²) in [6, 6.07) is 4.00. The lowest BCUT2D eigenvalue weighted by Crippen LogP contribution is -2.47. The maximum absolute atomic E-state index is 12.3. The Bertz CT molecular complexity index is 1100. The Kier molecular flexibility index (Phi) is 5.46. The zero-order chi connectivity index (χ0) is 20.5. The molecule has 0 saturated carbocycles. The van der Waals surface area contributed by atoms with E-state index in [1.165, 1.54) is 23.8 Å². The predicted molar refractivity (Wildman–Crippen MR) is 130 cm³/mol. The third-order valence-electron chi connectivity index (χ3n) is 5.87. The molecule has 1 fully saturated rings. The van der Waals surface area contributed by atoms with Crippen LogP contribution in [0.4, 0.5) is 5.82 Å². The highest BCUT2D eigenvalue weighted by atomic mass is 16.2. The van der Waals surface area contributed by atoms with Crippen LogP contribution < -0.4 is 27.4 Å². The first-order chi connectivity index (χ1) is 13.9. The van der Waals surface area contributed by atoms with E-state index >= 15 is 0 Å². The fourth-order valence-electron chi connectivity index (χ4n) is 4.11. The van der Waals surface area contributed by atoms with Crippen LogP contribution in [0.1, 0.15) is 12.8 Å². The zero-order valence-corrected chi connectivity index (χ0v) is 17.5. The number of hydrogen-bond donors (Lipinski definition) is 1. The van der Waals surface area contributed by atoms with Gasteiger partial charge in [-0.05, 0) is 49.2 Å². The van der Waals surface area contributed by atoms with Gasteiger partial charge in [0, 0.05) is 22.7 Å². The lowest BCUT2D eigenvalue weighted by atomic mass is 9.70. The van der Waals surface area contributed by atoms with Gasteiger partial charge in [-0.25, -0.2) is 4.98 Å². The average Bonchev–Trinajstić information content (AvgIpc) is 3.19. The molecular weight excluding hydrogens is 357 g/mol. The molecule has 0 atom stereocenters. The van der Waals surface area contributed by atoms with E-state index in [0.717, 1.165) is 46.3 Å². The molecule has 0 spiro atoms. The van der Waals surface area contributed by atoms with Crippen molar-refractivity contribution in [2.24, 2.45) is 0 Å². The van der Waals surface area contributed by atoms with Crippen LogP contribution in [0.15, 0.2) is 24.5 Å². The summed E-state index contributed by atoms with van der Waals surface area (Å²) in [5.74, 6) is 0.542. The van der Waals surface area contributed by atoms with E-state index < -0.39 is 0 Å². The number of amides is 1. The van der Waals surface area contributed by atoms with Gasteiger partial charge in [-0.3, -0.25) is 19.7 Å². The normalized spacial score (nSPS) is 14.3. The lowest BCUT2D eigenvalue weighted by molar-refractivity contribution is -0.117. The molecule has 29 heavy (non-hydrogen) atoms. The molecule has 3 aromatic heterocycles. The average molecular weight is 381 g/mol. The standard InChI is InChI=1S/C19H23B4N5O/c20-16-15(18(22)27-19(23)17(16)21)11-5-10-6-13(25-8-12(10)24-7-11)26-14(29)9-28-3-1-2-4-28/h5-8H,1-4,9,20-23H2,(H,25,26,29). The number of anilines is 1. The van der Waals surface area contributed by atoms with E-state index in [0.29, 0.717) is 12.4 Å². The van der Waals surface area contributed by atoms with Crippen LogP contribution in [-0.2, 0) is 4.79 Å². The van der Waals surface area contributed by atoms with Crippen molar-refractivity contribution in [2.75, 3.05) is 25.0 Å². The van der Waals surface area contributed by atoms with Crippen molar-refractivity contribution in [1.29, 1.82) is 0 Å². The van der Waals surface area contributed by atoms with Crippen molar-refractivity contribution in [3.8, 4) is 11.1 Å². The summed E-state index contributed by atoms with van der Waals surface area (Å²) in [6.07, 6.45) is 5.93. The van der Waals surface area contributed by atoms with Gasteiger partial charge in [-0.15, -0.1) is 0 Å². The van der Waals surface area contributed by atoms with Gasteiger partial charge in [-0.1, -0.05) is 10.9 Å². The van der Waals surface area contributed by atoms with E-state index in [1.807, 2.05) is 28.0 Å². The third-order valence-corrected chi connectivity index (χ3v) is 5.87. The van der Waals surface area contributed by atoms with Crippen LogP contribution in [0.3, 0.4) is 0 Å². The van der Waals surface area contributed by atoms with Crippen molar-refractivity contribution in [3.63, 3.8) is 0 Å². The van der Waals surface area contributed by atoms with Gasteiger partial charge in [0.25, 0.3) is 0 Å². The molecule has 0 bridgehead atoms. The highest BCUT2D eigenvalue weighted by Crippen LogP contribution is 2.21. The van der Waals surface area contributed by atoms with Crippen molar-refractivity contribution in [1.82, 2.24) is 19.9 Å². The fraction of sp³-hybridized carbons (Fsp3) is 0.263. The maximum Gasteiger partial charge on any atom is 0.239 e. The van der Waals surface area contributed by atoms with Crippen LogP contribution in [-0.4, -0.2) is 76.8 Å². The summed E-state index contributed by atoms with van der Waals surface area (Å²) in [5, 5.41) is 3.88. The summed E-state index contributed by atoms with van der Waals surface area (Å²) < 4.78 is 0. The van der Waals surface area contributed by atoms with Gasteiger partial charge in [0.15, 0.2) is 15.7 Å². The second kappa shape index (κ2) is 8.03. The number of nitrogens with zero attached hydrogens (tertiary/aromatic N) is 4. The molecule has 3 aromatic rings. The first-order valence-electron chi connectivity index (χ1n) is 10.1. The number of hydrogen-bond acceptors (Lipinski definition) is 5. The Labute approximate surface area is 174 Å². The molecule has 4 rings (SSSR count). The maximum atomic E-state index is 12.3. The number of carbonyl (C=O) groups is 1. The first kappa shape index (κ1) is 19.7. The number of nitrogens with one attached hydrogen (secondary N) is 1. The molecule has 0 unspecified atom stereocenters. The summed E-state index contributed by atoms with van der Waals surface area (Å²) in [5.41, 5.74) is 7.45. The second-order valence-electron chi connectivity index (χ2n) is 7.93. The highest BCUT2D eigenvalue weighted by molar-refractivity contribution is 6.59. The van der Waals surface area contributed by atoms with Crippen molar-refractivity contribution in [3.05, 3.63) is 24.5 Å². The van der Waals surface area contributed by atoms with E-state index in [2.05, 4.69) is 41.9 Å². The molecule has 1 saturated heterocycles. The molecule has 4 heterocycles. The number of pyridine rings is 3. The van der Waals surface area contributed by atoms with Crippen LogP contribution in [0, 0.1) is 0 Å². The molecule has 1 amide bonds. The Morgan fingerprint density at radius 1 is 1.00 bits per heavy atom. The molecular formula is C19H23B4N5O. The molecule has 142 valence electrons. The number of carbonyl (C=O) groups excluding carboxylic acids is 1. The van der Waals surface area contributed by atoms with Gasteiger partial charge in [-0.2, -0.15) is 0 Å². The Hall–Kier alpha value is -2.60.